The first-order valence-electron chi connectivity index (χ1n) is 9.54. The van der Waals surface area contributed by atoms with Crippen molar-refractivity contribution in [2.75, 3.05) is 13.2 Å². The van der Waals surface area contributed by atoms with E-state index in [1.54, 1.807) is 0 Å². The smallest absolute Gasteiger partial charge is 0.485 e. The van der Waals surface area contributed by atoms with E-state index in [9.17, 15) is 32.3 Å². The monoisotopic (exact) mass is 652 g/mol. The predicted molar refractivity (Wildman–Crippen MR) is 109 cm³/mol. The summed E-state index contributed by atoms with van der Waals surface area (Å²) in [4.78, 5) is 48.4. The van der Waals surface area contributed by atoms with Crippen molar-refractivity contribution >= 4 is 22.1 Å². The van der Waals surface area contributed by atoms with Crippen LogP contribution in [0, 0.1) is 7.14 Å². The van der Waals surface area contributed by atoms with Gasteiger partial charge in [-0.05, 0) is 12.1 Å². The lowest BCUT2D eigenvalue weighted by atomic mass is 10.4. The average Bonchev–Trinajstić information content (AvgIpc) is 2.75. The molecule has 12 nitrogen and oxygen atoms in total. The molecule has 0 amide bonds. The number of hydrogen-bond donors (Lipinski definition) is 1. The minimum Gasteiger partial charge on any atom is -0.741 e. The topological polar surface area (TPSA) is 174 Å². The van der Waals surface area contributed by atoms with Gasteiger partial charge in [-0.2, -0.15) is 13.2 Å². The molecule has 0 aliphatic rings. The van der Waals surface area contributed by atoms with Gasteiger partial charge in [0.25, 0.3) is 3.57 Å². The number of benzene rings is 1. The van der Waals surface area contributed by atoms with E-state index >= 15 is 0 Å². The molecule has 0 unspecified atom stereocenters. The van der Waals surface area contributed by atoms with E-state index in [2.05, 4.69) is 4.98 Å². The van der Waals surface area contributed by atoms with Crippen LogP contribution < -0.4 is 32.5 Å². The van der Waals surface area contributed by atoms with Crippen molar-refractivity contribution in [3.63, 3.8) is 0 Å². The van der Waals surface area contributed by atoms with Gasteiger partial charge in [-0.15, -0.1) is 0 Å². The molecule has 0 atom stereocenters. The van der Waals surface area contributed by atoms with E-state index < -0.39 is 66.1 Å². The summed E-state index contributed by atoms with van der Waals surface area (Å²) in [7, 11) is -6.09. The first-order valence-corrected chi connectivity index (χ1v) is 13.1. The van der Waals surface area contributed by atoms with Crippen LogP contribution in [0.4, 0.5) is 13.2 Å². The van der Waals surface area contributed by atoms with Crippen LogP contribution in [0.2, 0.25) is 0 Å². The van der Waals surface area contributed by atoms with Gasteiger partial charge in [-0.25, -0.2) is 13.2 Å². The van der Waals surface area contributed by atoms with Gasteiger partial charge >= 0.3 is 49.9 Å². The number of hydrogen-bond acceptors (Lipinski definition) is 10. The van der Waals surface area contributed by atoms with Crippen LogP contribution in [-0.2, 0) is 40.6 Å². The second-order valence-corrected chi connectivity index (χ2v) is 10.8. The van der Waals surface area contributed by atoms with E-state index in [4.69, 9.17) is 27.2 Å². The molecular weight excluding hydrogens is 632 g/mol. The first kappa shape index (κ1) is 31.3. The molecule has 1 aromatic heterocycles. The fourth-order valence-corrected chi connectivity index (χ4v) is 4.29. The molecule has 2 aromatic rings. The molecular formula is C19H20F3IN2O10S. The molecule has 0 radical (unpaired) electrons. The van der Waals surface area contributed by atoms with Crippen molar-refractivity contribution in [1.29, 1.82) is 0 Å². The fraction of sp³-hybridized carbons (Fsp3) is 0.368. The van der Waals surface area contributed by atoms with Gasteiger partial charge in [-0.3, -0.25) is 23.9 Å². The Bertz CT molecular complexity index is 1230. The maximum absolute atomic E-state index is 12.1. The Balaban J connectivity index is 0.000000697. The van der Waals surface area contributed by atoms with Gasteiger partial charge in [0.2, 0.25) is 0 Å². The van der Waals surface area contributed by atoms with Crippen molar-refractivity contribution < 1.29 is 71.1 Å². The SMILES string of the molecule is CC(=O)OCC(COC(C)=O)OCn1cc([I+]c2ccccc2)c(=O)[nH]c1=O.O=S(=O)([O-])C(F)(F)F. The second-order valence-electron chi connectivity index (χ2n) is 6.52. The summed E-state index contributed by atoms with van der Waals surface area (Å²) in [6, 6.07) is 9.51. The average molecular weight is 652 g/mol. The largest absolute Gasteiger partial charge is 0.741 e. The predicted octanol–water partition coefficient (Wildman–Crippen LogP) is -2.81. The first-order chi connectivity index (χ1) is 16.6. The Hall–Kier alpha value is -2.77. The third-order valence-electron chi connectivity index (χ3n) is 3.59. The van der Waals surface area contributed by atoms with Crippen LogP contribution in [0.5, 0.6) is 0 Å². The van der Waals surface area contributed by atoms with Crippen LogP contribution in [0.25, 0.3) is 0 Å². The number of nitrogens with zero attached hydrogens (tertiary/aromatic N) is 1. The molecule has 0 fully saturated rings. The molecule has 0 bridgehead atoms. The number of alkyl halides is 3. The van der Waals surface area contributed by atoms with Gasteiger partial charge in [0, 0.05) is 13.8 Å². The number of halogens is 4. The highest BCUT2D eigenvalue weighted by atomic mass is 127. The van der Waals surface area contributed by atoms with Crippen LogP contribution in [0.15, 0.2) is 46.1 Å². The molecule has 1 heterocycles. The summed E-state index contributed by atoms with van der Waals surface area (Å²) in [5, 5.41) is 0. The van der Waals surface area contributed by atoms with Gasteiger partial charge < -0.3 is 18.8 Å². The summed E-state index contributed by atoms with van der Waals surface area (Å²) >= 11 is -0.779. The van der Waals surface area contributed by atoms with Gasteiger partial charge in [0.15, 0.2) is 13.7 Å². The Morgan fingerprint density at radius 3 is 2.03 bits per heavy atom. The molecule has 1 N–H and O–H groups in total. The van der Waals surface area contributed by atoms with Gasteiger partial charge in [0.05, 0.1) is 6.20 Å². The third kappa shape index (κ3) is 11.8. The lowest BCUT2D eigenvalue weighted by molar-refractivity contribution is -0.599. The van der Waals surface area contributed by atoms with E-state index in [-0.39, 0.29) is 19.9 Å². The molecule has 1 aromatic carbocycles. The summed E-state index contributed by atoms with van der Waals surface area (Å²) in [5.74, 6) is -1.01. The van der Waals surface area contributed by atoms with Crippen LogP contribution in [0.1, 0.15) is 13.8 Å². The highest BCUT2D eigenvalue weighted by Gasteiger charge is 2.36. The van der Waals surface area contributed by atoms with Crippen molar-refractivity contribution in [2.45, 2.75) is 32.2 Å². The van der Waals surface area contributed by atoms with Crippen LogP contribution in [-0.4, -0.2) is 59.3 Å². The summed E-state index contributed by atoms with van der Waals surface area (Å²) < 4.78 is 77.0. The summed E-state index contributed by atoms with van der Waals surface area (Å²) in [5.41, 5.74) is -6.69. The number of carbonyl (C=O) groups is 2. The minimum atomic E-state index is -6.09. The molecule has 0 saturated heterocycles. The maximum Gasteiger partial charge on any atom is 0.485 e. The Morgan fingerprint density at radius 1 is 1.08 bits per heavy atom. The highest BCUT2D eigenvalue weighted by Crippen LogP contribution is 2.20. The zero-order valence-corrected chi connectivity index (χ0v) is 21.6. The van der Waals surface area contributed by atoms with Crippen molar-refractivity contribution in [3.8, 4) is 0 Å². The highest BCUT2D eigenvalue weighted by molar-refractivity contribution is 7.86. The molecule has 36 heavy (non-hydrogen) atoms. The van der Waals surface area contributed by atoms with E-state index in [0.29, 0.717) is 3.57 Å². The van der Waals surface area contributed by atoms with E-state index in [0.717, 1.165) is 3.57 Å². The lowest BCUT2D eigenvalue weighted by Crippen LogP contribution is -3.62. The number of H-pyrrole nitrogens is 1. The Kier molecular flexibility index (Phi) is 12.2. The zero-order chi connectivity index (χ0) is 27.5. The van der Waals surface area contributed by atoms with Gasteiger partial charge in [0.1, 0.15) is 26.0 Å². The number of ether oxygens (including phenoxy) is 3. The molecule has 17 heteroatoms. The molecule has 0 saturated carbocycles. The van der Waals surface area contributed by atoms with Crippen molar-refractivity contribution in [3.05, 3.63) is 64.5 Å². The fourth-order valence-electron chi connectivity index (χ4n) is 1.99. The van der Waals surface area contributed by atoms with E-state index in [1.165, 1.54) is 24.6 Å². The molecule has 0 aliphatic carbocycles. The zero-order valence-electron chi connectivity index (χ0n) is 18.6. The van der Waals surface area contributed by atoms with Crippen LogP contribution >= 0.6 is 0 Å². The standard InChI is InChI=1S/C18H19IN2O7.CHF3O3S/c1-12(22)26-9-15(10-27-13(2)23)28-11-21-8-16(17(24)20-18(21)25)19-14-6-4-3-5-7-14;2-1(3,4)8(5,6)7/h3-8,15H,9-11H2,1-2H3;(H,5,6,7). The summed E-state index contributed by atoms with van der Waals surface area (Å²) in [6.45, 7) is 2.02. The number of aromatic amines is 1. The third-order valence-corrected chi connectivity index (χ3v) is 6.85. The van der Waals surface area contributed by atoms with Gasteiger partial charge in [-0.1, -0.05) is 18.2 Å². The lowest BCUT2D eigenvalue weighted by Gasteiger charge is -2.17. The Labute approximate surface area is 212 Å². The number of aromatic nitrogens is 2. The summed E-state index contributed by atoms with van der Waals surface area (Å²) in [6.07, 6.45) is 0.717. The molecule has 0 spiro atoms. The normalized spacial score (nSPS) is 11.4. The molecule has 2 rings (SSSR count). The van der Waals surface area contributed by atoms with Crippen LogP contribution in [0.3, 0.4) is 0 Å². The number of nitrogens with one attached hydrogen (secondary N) is 1. The number of esters is 2. The minimum absolute atomic E-state index is 0.134. The van der Waals surface area contributed by atoms with Crippen molar-refractivity contribution in [1.82, 2.24) is 9.55 Å². The maximum atomic E-state index is 12.1. The quantitative estimate of drug-likeness (QED) is 0.129. The van der Waals surface area contributed by atoms with E-state index in [1.807, 2.05) is 30.3 Å². The van der Waals surface area contributed by atoms with Crippen molar-refractivity contribution in [2.24, 2.45) is 0 Å². The molecule has 0 aliphatic heterocycles. The second kappa shape index (κ2) is 14.1. The Morgan fingerprint density at radius 2 is 1.58 bits per heavy atom. The molecule has 200 valence electrons. The number of carbonyl (C=O) groups excluding carboxylic acids is 2. The number of rotatable bonds is 9.